The van der Waals surface area contributed by atoms with Crippen LogP contribution >= 0.6 is 0 Å². The molecule has 0 aromatic carbocycles. The van der Waals surface area contributed by atoms with Crippen LogP contribution in [0.2, 0.25) is 0 Å². The van der Waals surface area contributed by atoms with Crippen LogP contribution in [0, 0.1) is 0 Å². The van der Waals surface area contributed by atoms with Gasteiger partial charge in [0.1, 0.15) is 0 Å². The molecule has 3 heterocycles. The molecule has 3 aromatic heterocycles. The number of aromatic nitrogens is 5. The number of nitrogens with one attached hydrogen (secondary N) is 1. The first-order valence-electron chi connectivity index (χ1n) is 6.85. The Balaban J connectivity index is 0.000000254. The van der Waals surface area contributed by atoms with Crippen molar-refractivity contribution in [3.8, 4) is 5.82 Å². The summed E-state index contributed by atoms with van der Waals surface area (Å²) >= 11 is 0. The van der Waals surface area contributed by atoms with Gasteiger partial charge in [-0.3, -0.25) is 14.7 Å². The van der Waals surface area contributed by atoms with E-state index in [1.165, 1.54) is 29.5 Å². The van der Waals surface area contributed by atoms with Crippen LogP contribution in [0.3, 0.4) is 0 Å². The van der Waals surface area contributed by atoms with Crippen LogP contribution in [0.5, 0.6) is 0 Å². The van der Waals surface area contributed by atoms with E-state index in [-0.39, 0.29) is 11.4 Å². The van der Waals surface area contributed by atoms with E-state index in [0.717, 1.165) is 12.1 Å². The van der Waals surface area contributed by atoms with E-state index >= 15 is 0 Å². The highest BCUT2D eigenvalue weighted by Gasteiger charge is 2.30. The van der Waals surface area contributed by atoms with Crippen molar-refractivity contribution in [3.05, 3.63) is 59.8 Å². The van der Waals surface area contributed by atoms with Gasteiger partial charge in [-0.15, -0.1) is 0 Å². The summed E-state index contributed by atoms with van der Waals surface area (Å²) < 4.78 is 38.1. The molecule has 0 saturated carbocycles. The van der Waals surface area contributed by atoms with E-state index < -0.39 is 23.6 Å². The molecule has 26 heavy (non-hydrogen) atoms. The minimum Gasteiger partial charge on any atom is -0.366 e. The number of hydrogen-bond acceptors (Lipinski definition) is 5. The molecule has 5 N–H and O–H groups in total. The van der Waals surface area contributed by atoms with Gasteiger partial charge >= 0.3 is 6.18 Å². The highest BCUT2D eigenvalue weighted by molar-refractivity contribution is 5.92. The van der Waals surface area contributed by atoms with Gasteiger partial charge < -0.3 is 11.5 Å². The number of nitrogens with zero attached hydrogens (tertiary/aromatic N) is 4. The van der Waals surface area contributed by atoms with Crippen LogP contribution in [-0.2, 0) is 6.18 Å². The minimum absolute atomic E-state index is 0.150. The van der Waals surface area contributed by atoms with Gasteiger partial charge in [0.15, 0.2) is 5.82 Å². The summed E-state index contributed by atoms with van der Waals surface area (Å²) in [5, 5.41) is 9.75. The molecule has 0 aliphatic carbocycles. The number of alkyl halides is 3. The van der Waals surface area contributed by atoms with Gasteiger partial charge in [-0.25, -0.2) is 9.67 Å². The zero-order valence-corrected chi connectivity index (χ0v) is 12.9. The van der Waals surface area contributed by atoms with Gasteiger partial charge in [-0.05, 0) is 12.1 Å². The largest absolute Gasteiger partial charge is 0.417 e. The molecule has 2 amide bonds. The fourth-order valence-electron chi connectivity index (χ4n) is 1.65. The van der Waals surface area contributed by atoms with Crippen molar-refractivity contribution in [2.75, 3.05) is 0 Å². The number of amides is 2. The predicted octanol–water partition coefficient (Wildman–Crippen LogP) is 0.894. The van der Waals surface area contributed by atoms with Crippen molar-refractivity contribution in [2.45, 2.75) is 6.18 Å². The molecule has 0 aliphatic rings. The maximum atomic E-state index is 12.3. The average molecular weight is 367 g/mol. The van der Waals surface area contributed by atoms with E-state index in [1.54, 1.807) is 0 Å². The fourth-order valence-corrected chi connectivity index (χ4v) is 1.65. The van der Waals surface area contributed by atoms with E-state index in [4.69, 9.17) is 11.5 Å². The molecule has 0 atom stereocenters. The maximum Gasteiger partial charge on any atom is 0.417 e. The number of primary amides is 2. The van der Waals surface area contributed by atoms with E-state index in [1.807, 2.05) is 0 Å². The van der Waals surface area contributed by atoms with Crippen LogP contribution in [-0.4, -0.2) is 36.8 Å². The number of rotatable bonds is 3. The second-order valence-electron chi connectivity index (χ2n) is 4.79. The number of halogens is 3. The Morgan fingerprint density at radius 1 is 1.04 bits per heavy atom. The molecular weight excluding hydrogens is 355 g/mol. The Labute approximate surface area is 143 Å². The number of carbonyl (C=O) groups is 2. The van der Waals surface area contributed by atoms with Gasteiger partial charge in [0.2, 0.25) is 0 Å². The molecule has 0 unspecified atom stereocenters. The van der Waals surface area contributed by atoms with Crippen LogP contribution < -0.4 is 11.5 Å². The first-order chi connectivity index (χ1) is 12.2. The number of nitrogens with two attached hydrogens (primary N) is 2. The number of pyridine rings is 1. The van der Waals surface area contributed by atoms with Gasteiger partial charge in [-0.1, -0.05) is 0 Å². The third-order valence-corrected chi connectivity index (χ3v) is 2.96. The highest BCUT2D eigenvalue weighted by atomic mass is 19.4. The summed E-state index contributed by atoms with van der Waals surface area (Å²) in [5.74, 6) is -0.970. The van der Waals surface area contributed by atoms with Crippen LogP contribution in [0.15, 0.2) is 43.1 Å². The van der Waals surface area contributed by atoms with Gasteiger partial charge in [-0.2, -0.15) is 23.4 Å². The summed E-state index contributed by atoms with van der Waals surface area (Å²) in [5.41, 5.74) is 9.59. The van der Waals surface area contributed by atoms with Gasteiger partial charge in [0.05, 0.1) is 29.1 Å². The molecule has 9 nitrogen and oxygen atoms in total. The monoisotopic (exact) mass is 367 g/mol. The van der Waals surface area contributed by atoms with Crippen molar-refractivity contribution in [3.63, 3.8) is 0 Å². The number of H-pyrrole nitrogens is 1. The smallest absolute Gasteiger partial charge is 0.366 e. The molecule has 12 heteroatoms. The Morgan fingerprint density at radius 2 is 1.73 bits per heavy atom. The van der Waals surface area contributed by atoms with Crippen LogP contribution in [0.4, 0.5) is 13.2 Å². The summed E-state index contributed by atoms with van der Waals surface area (Å²) in [6.07, 6.45) is 1.58. The fraction of sp³-hybridized carbons (Fsp3) is 0.0714. The molecule has 3 rings (SSSR count). The highest BCUT2D eigenvalue weighted by Crippen LogP contribution is 2.28. The number of hydrogen-bond donors (Lipinski definition) is 3. The number of carbonyl (C=O) groups excluding carboxylic acids is 2. The average Bonchev–Trinajstić information content (AvgIpc) is 3.27. The molecule has 0 aliphatic heterocycles. The minimum atomic E-state index is -4.44. The maximum absolute atomic E-state index is 12.3. The molecule has 0 spiro atoms. The third-order valence-electron chi connectivity index (χ3n) is 2.96. The summed E-state index contributed by atoms with van der Waals surface area (Å²) in [7, 11) is 0. The molecule has 3 aromatic rings. The summed E-state index contributed by atoms with van der Waals surface area (Å²) in [6.45, 7) is 0. The Morgan fingerprint density at radius 3 is 2.12 bits per heavy atom. The van der Waals surface area contributed by atoms with Gasteiger partial charge in [0.25, 0.3) is 11.8 Å². The molecule has 136 valence electrons. The normalized spacial score (nSPS) is 10.7. The van der Waals surface area contributed by atoms with E-state index in [2.05, 4.69) is 20.3 Å². The second-order valence-corrected chi connectivity index (χ2v) is 4.79. The number of aromatic amines is 1. The lowest BCUT2D eigenvalue weighted by atomic mass is 10.3. The van der Waals surface area contributed by atoms with Crippen molar-refractivity contribution >= 4 is 11.8 Å². The Bertz CT molecular complexity index is 886. The lowest BCUT2D eigenvalue weighted by molar-refractivity contribution is -0.137. The zero-order valence-electron chi connectivity index (χ0n) is 12.9. The second kappa shape index (κ2) is 7.46. The first kappa shape index (κ1) is 18.6. The molecule has 0 bridgehead atoms. The predicted molar refractivity (Wildman–Crippen MR) is 82.0 cm³/mol. The molecular formula is C14H12F3N7O2. The van der Waals surface area contributed by atoms with Crippen molar-refractivity contribution < 1.29 is 22.8 Å². The van der Waals surface area contributed by atoms with Crippen LogP contribution in [0.25, 0.3) is 5.82 Å². The van der Waals surface area contributed by atoms with E-state index in [9.17, 15) is 22.8 Å². The third kappa shape index (κ3) is 4.66. The lowest BCUT2D eigenvalue weighted by Crippen LogP contribution is -2.09. The Kier molecular flexibility index (Phi) is 5.35. The zero-order chi connectivity index (χ0) is 19.3. The summed E-state index contributed by atoms with van der Waals surface area (Å²) in [6, 6.07) is 2.04. The summed E-state index contributed by atoms with van der Waals surface area (Å²) in [4.78, 5) is 24.7. The molecule has 0 saturated heterocycles. The topological polar surface area (TPSA) is 146 Å². The van der Waals surface area contributed by atoms with Crippen LogP contribution in [0.1, 0.15) is 26.3 Å². The van der Waals surface area contributed by atoms with Crippen molar-refractivity contribution in [1.82, 2.24) is 25.0 Å². The van der Waals surface area contributed by atoms with Gasteiger partial charge in [0, 0.05) is 18.6 Å². The first-order valence-corrected chi connectivity index (χ1v) is 6.85. The molecule has 0 radical (unpaired) electrons. The lowest BCUT2D eigenvalue weighted by Gasteiger charge is -2.06. The standard InChI is InChI=1S/C10H7F3N4O.C4H5N3O/c11-10(12,13)7-1-2-8(15-4-7)17-5-6(3-16-17)9(14)18;5-4(8)3-1-6-7-2-3/h1-5H,(H2,14,18);1-2H,(H2,5,8)(H,6,7). The van der Waals surface area contributed by atoms with E-state index in [0.29, 0.717) is 11.8 Å². The quantitative estimate of drug-likeness (QED) is 0.629. The van der Waals surface area contributed by atoms with Crippen molar-refractivity contribution in [1.29, 1.82) is 0 Å². The molecule has 0 fully saturated rings. The van der Waals surface area contributed by atoms with Crippen molar-refractivity contribution in [2.24, 2.45) is 11.5 Å². The Hall–Kier alpha value is -3.70. The SMILES string of the molecule is NC(=O)c1cn[nH]c1.NC(=O)c1cnn(-c2ccc(C(F)(F)F)cn2)c1.